The summed E-state index contributed by atoms with van der Waals surface area (Å²) >= 11 is 0. The van der Waals surface area contributed by atoms with Crippen LogP contribution in [0.3, 0.4) is 0 Å². The van der Waals surface area contributed by atoms with Crippen LogP contribution in [0, 0.1) is 12.8 Å². The zero-order chi connectivity index (χ0) is 12.3. The van der Waals surface area contributed by atoms with E-state index in [-0.39, 0.29) is 5.92 Å². The van der Waals surface area contributed by atoms with Gasteiger partial charge in [0.15, 0.2) is 5.78 Å². The van der Waals surface area contributed by atoms with Crippen molar-refractivity contribution >= 4 is 5.78 Å². The molecule has 1 aliphatic carbocycles. The van der Waals surface area contributed by atoms with E-state index in [4.69, 9.17) is 0 Å². The molecule has 1 aromatic carbocycles. The van der Waals surface area contributed by atoms with Crippen LogP contribution in [0.25, 0.3) is 0 Å². The third kappa shape index (κ3) is 2.75. The minimum atomic E-state index is 0.237. The Morgan fingerprint density at radius 2 is 1.82 bits per heavy atom. The van der Waals surface area contributed by atoms with Crippen LogP contribution < -0.4 is 5.32 Å². The first kappa shape index (κ1) is 12.3. The molecule has 0 saturated heterocycles. The van der Waals surface area contributed by atoms with Crippen LogP contribution in [0.1, 0.15) is 41.6 Å². The Kier molecular flexibility index (Phi) is 3.95. The number of hydrogen-bond donors (Lipinski definition) is 1. The molecule has 0 bridgehead atoms. The molecule has 1 fully saturated rings. The fourth-order valence-corrected chi connectivity index (χ4v) is 2.71. The first-order valence-electron chi connectivity index (χ1n) is 6.49. The quantitative estimate of drug-likeness (QED) is 0.810. The monoisotopic (exact) mass is 231 g/mol. The van der Waals surface area contributed by atoms with Crippen molar-refractivity contribution in [1.29, 1.82) is 0 Å². The van der Waals surface area contributed by atoms with Crippen LogP contribution in [0.15, 0.2) is 24.3 Å². The Hall–Kier alpha value is -1.15. The number of ketones is 1. The van der Waals surface area contributed by atoms with E-state index in [9.17, 15) is 4.79 Å². The van der Waals surface area contributed by atoms with Gasteiger partial charge in [-0.25, -0.2) is 0 Å². The smallest absolute Gasteiger partial charge is 0.166 e. The van der Waals surface area contributed by atoms with E-state index in [2.05, 4.69) is 5.32 Å². The van der Waals surface area contributed by atoms with Crippen LogP contribution in [-0.4, -0.2) is 18.9 Å². The first-order chi connectivity index (χ1) is 8.22. The fraction of sp³-hybridized carbons (Fsp3) is 0.533. The summed E-state index contributed by atoms with van der Waals surface area (Å²) in [6.07, 6.45) is 4.30. The normalized spacial score (nSPS) is 24.6. The summed E-state index contributed by atoms with van der Waals surface area (Å²) in [5.41, 5.74) is 2.02. The van der Waals surface area contributed by atoms with Gasteiger partial charge in [-0.05, 0) is 45.2 Å². The standard InChI is InChI=1S/C15H21NO/c1-11-5-3-4-6-14(11)15(17)12-7-9-13(16-2)10-8-12/h3-6,12-13,16H,7-10H2,1-2H3. The molecule has 1 N–H and O–H groups in total. The maximum Gasteiger partial charge on any atom is 0.166 e. The number of benzene rings is 1. The van der Waals surface area contributed by atoms with Gasteiger partial charge in [0, 0.05) is 17.5 Å². The minimum absolute atomic E-state index is 0.237. The number of Topliss-reactive ketones (excluding diaryl/α,β-unsaturated/α-hetero) is 1. The predicted molar refractivity (Wildman–Crippen MR) is 70.3 cm³/mol. The highest BCUT2D eigenvalue weighted by Gasteiger charge is 2.26. The van der Waals surface area contributed by atoms with Gasteiger partial charge in [0.25, 0.3) is 0 Å². The van der Waals surface area contributed by atoms with Crippen molar-refractivity contribution in [2.45, 2.75) is 38.6 Å². The Morgan fingerprint density at radius 1 is 1.18 bits per heavy atom. The molecule has 0 atom stereocenters. The average molecular weight is 231 g/mol. The molecular weight excluding hydrogens is 210 g/mol. The SMILES string of the molecule is CNC1CCC(C(=O)c2ccccc2C)CC1. The number of nitrogens with one attached hydrogen (secondary N) is 1. The summed E-state index contributed by atoms with van der Waals surface area (Å²) in [4.78, 5) is 12.4. The lowest BCUT2D eigenvalue weighted by molar-refractivity contribution is 0.0880. The topological polar surface area (TPSA) is 29.1 Å². The molecule has 0 amide bonds. The summed E-state index contributed by atoms with van der Waals surface area (Å²) in [6, 6.07) is 8.54. The van der Waals surface area contributed by atoms with Gasteiger partial charge in [-0.1, -0.05) is 24.3 Å². The average Bonchev–Trinajstić information content (AvgIpc) is 2.39. The molecule has 1 saturated carbocycles. The van der Waals surface area contributed by atoms with Gasteiger partial charge in [-0.3, -0.25) is 4.79 Å². The maximum atomic E-state index is 12.4. The van der Waals surface area contributed by atoms with E-state index < -0.39 is 0 Å². The summed E-state index contributed by atoms with van der Waals surface area (Å²) in [5, 5.41) is 3.30. The molecular formula is C15H21NO. The molecule has 1 aliphatic rings. The minimum Gasteiger partial charge on any atom is -0.317 e. The predicted octanol–water partition coefficient (Wildman–Crippen LogP) is 2.96. The second kappa shape index (κ2) is 5.46. The van der Waals surface area contributed by atoms with Crippen molar-refractivity contribution in [2.24, 2.45) is 5.92 Å². The first-order valence-corrected chi connectivity index (χ1v) is 6.49. The molecule has 2 nitrogen and oxygen atoms in total. The van der Waals surface area contributed by atoms with E-state index in [1.165, 1.54) is 0 Å². The molecule has 2 rings (SSSR count). The van der Waals surface area contributed by atoms with E-state index in [1.54, 1.807) is 0 Å². The fourth-order valence-electron chi connectivity index (χ4n) is 2.71. The van der Waals surface area contributed by atoms with Gasteiger partial charge in [0.05, 0.1) is 0 Å². The molecule has 0 unspecified atom stereocenters. The zero-order valence-corrected chi connectivity index (χ0v) is 10.7. The molecule has 0 aromatic heterocycles. The highest BCUT2D eigenvalue weighted by molar-refractivity contribution is 5.99. The van der Waals surface area contributed by atoms with Crippen LogP contribution >= 0.6 is 0 Å². The van der Waals surface area contributed by atoms with Crippen LogP contribution in [0.4, 0.5) is 0 Å². The number of carbonyl (C=O) groups excluding carboxylic acids is 1. The zero-order valence-electron chi connectivity index (χ0n) is 10.7. The number of hydrogen-bond acceptors (Lipinski definition) is 2. The van der Waals surface area contributed by atoms with Gasteiger partial charge < -0.3 is 5.32 Å². The third-order valence-electron chi connectivity index (χ3n) is 3.92. The Labute approximate surface area is 103 Å². The number of carbonyl (C=O) groups is 1. The highest BCUT2D eigenvalue weighted by Crippen LogP contribution is 2.28. The molecule has 0 aliphatic heterocycles. The summed E-state index contributed by atoms with van der Waals surface area (Å²) < 4.78 is 0. The van der Waals surface area contributed by atoms with Crippen molar-refractivity contribution in [2.75, 3.05) is 7.05 Å². The second-order valence-electron chi connectivity index (χ2n) is 5.02. The van der Waals surface area contributed by atoms with E-state index in [1.807, 2.05) is 38.2 Å². The lowest BCUT2D eigenvalue weighted by Gasteiger charge is -2.27. The number of aryl methyl sites for hydroxylation is 1. The summed E-state index contributed by atoms with van der Waals surface area (Å²) in [6.45, 7) is 2.02. The molecule has 1 aromatic rings. The molecule has 0 spiro atoms. The lowest BCUT2D eigenvalue weighted by Crippen LogP contribution is -2.32. The van der Waals surface area contributed by atoms with E-state index in [0.717, 1.165) is 36.8 Å². The molecule has 0 radical (unpaired) electrons. The molecule has 0 heterocycles. The van der Waals surface area contributed by atoms with Crippen molar-refractivity contribution < 1.29 is 4.79 Å². The molecule has 92 valence electrons. The van der Waals surface area contributed by atoms with E-state index >= 15 is 0 Å². The maximum absolute atomic E-state index is 12.4. The lowest BCUT2D eigenvalue weighted by atomic mass is 9.81. The highest BCUT2D eigenvalue weighted by atomic mass is 16.1. The van der Waals surface area contributed by atoms with Crippen molar-refractivity contribution in [3.05, 3.63) is 35.4 Å². The van der Waals surface area contributed by atoms with Crippen LogP contribution in [-0.2, 0) is 0 Å². The van der Waals surface area contributed by atoms with Gasteiger partial charge in [-0.15, -0.1) is 0 Å². The number of rotatable bonds is 3. The van der Waals surface area contributed by atoms with E-state index in [0.29, 0.717) is 11.8 Å². The molecule has 2 heteroatoms. The van der Waals surface area contributed by atoms with Crippen LogP contribution in [0.2, 0.25) is 0 Å². The van der Waals surface area contributed by atoms with Crippen molar-refractivity contribution in [3.63, 3.8) is 0 Å². The Morgan fingerprint density at radius 3 is 2.41 bits per heavy atom. The van der Waals surface area contributed by atoms with Gasteiger partial charge in [0.1, 0.15) is 0 Å². The largest absolute Gasteiger partial charge is 0.317 e. The van der Waals surface area contributed by atoms with Gasteiger partial charge >= 0.3 is 0 Å². The summed E-state index contributed by atoms with van der Waals surface area (Å²) in [7, 11) is 2.01. The van der Waals surface area contributed by atoms with Gasteiger partial charge in [-0.2, -0.15) is 0 Å². The Balaban J connectivity index is 2.04. The Bertz CT molecular complexity index is 392. The summed E-state index contributed by atoms with van der Waals surface area (Å²) in [5.74, 6) is 0.582. The van der Waals surface area contributed by atoms with Crippen molar-refractivity contribution in [1.82, 2.24) is 5.32 Å². The van der Waals surface area contributed by atoms with Crippen molar-refractivity contribution in [3.8, 4) is 0 Å². The van der Waals surface area contributed by atoms with Gasteiger partial charge in [0.2, 0.25) is 0 Å². The second-order valence-corrected chi connectivity index (χ2v) is 5.02. The molecule has 17 heavy (non-hydrogen) atoms. The van der Waals surface area contributed by atoms with Crippen LogP contribution in [0.5, 0.6) is 0 Å². The third-order valence-corrected chi connectivity index (χ3v) is 3.92.